The van der Waals surface area contributed by atoms with E-state index < -0.39 is 0 Å². The van der Waals surface area contributed by atoms with Gasteiger partial charge < -0.3 is 5.11 Å². The van der Waals surface area contributed by atoms with E-state index in [0.29, 0.717) is 12.0 Å². The number of likely N-dealkylation sites (tertiary alicyclic amines) is 1. The summed E-state index contributed by atoms with van der Waals surface area (Å²) in [6, 6.07) is 19.3. The highest BCUT2D eigenvalue weighted by Gasteiger charge is 2.30. The number of hydrogen-bond acceptors (Lipinski definition) is 2. The fourth-order valence-corrected chi connectivity index (χ4v) is 3.81. The lowest BCUT2D eigenvalue weighted by Gasteiger charge is -2.22. The molecule has 0 aromatic heterocycles. The van der Waals surface area contributed by atoms with Gasteiger partial charge in [0.1, 0.15) is 0 Å². The molecule has 2 aromatic carbocycles. The molecule has 1 N–H and O–H groups in total. The third-order valence-corrected chi connectivity index (χ3v) is 5.21. The summed E-state index contributed by atoms with van der Waals surface area (Å²) in [4.78, 5) is 2.53. The van der Waals surface area contributed by atoms with E-state index in [4.69, 9.17) is 0 Å². The van der Waals surface area contributed by atoms with Gasteiger partial charge in [-0.1, -0.05) is 54.6 Å². The molecule has 1 aliphatic rings. The van der Waals surface area contributed by atoms with Gasteiger partial charge in [0.05, 0.1) is 6.10 Å². The molecule has 23 heavy (non-hydrogen) atoms. The Hall–Kier alpha value is -1.64. The standard InChI is InChI=1S/C21H27NO/c1-16-8-6-7-11-20(16)19-14-17(2)22(15-19)13-12-21(23)18-9-4-3-5-10-18/h3-11,17,19,21,23H,12-15H2,1-2H3/t17?,19?,21-/m1/s1. The maximum atomic E-state index is 10.4. The second-order valence-corrected chi connectivity index (χ2v) is 6.85. The second-order valence-electron chi connectivity index (χ2n) is 6.85. The zero-order valence-electron chi connectivity index (χ0n) is 14.2. The highest BCUT2D eigenvalue weighted by atomic mass is 16.3. The number of aryl methyl sites for hydroxylation is 1. The van der Waals surface area contributed by atoms with Crippen LogP contribution in [0.25, 0.3) is 0 Å². The van der Waals surface area contributed by atoms with Gasteiger partial charge in [-0.15, -0.1) is 0 Å². The third kappa shape index (κ3) is 3.82. The van der Waals surface area contributed by atoms with Gasteiger partial charge in [-0.2, -0.15) is 0 Å². The number of benzene rings is 2. The average molecular weight is 309 g/mol. The van der Waals surface area contributed by atoms with Gasteiger partial charge in [0.2, 0.25) is 0 Å². The van der Waals surface area contributed by atoms with E-state index in [9.17, 15) is 5.11 Å². The Morgan fingerprint density at radius 3 is 2.52 bits per heavy atom. The van der Waals surface area contributed by atoms with E-state index in [-0.39, 0.29) is 6.10 Å². The number of hydrogen-bond donors (Lipinski definition) is 1. The summed E-state index contributed by atoms with van der Waals surface area (Å²) in [6.07, 6.45) is 1.65. The molecular weight excluding hydrogens is 282 g/mol. The molecule has 0 amide bonds. The maximum absolute atomic E-state index is 10.4. The highest BCUT2D eigenvalue weighted by molar-refractivity contribution is 5.30. The molecule has 1 saturated heterocycles. The lowest BCUT2D eigenvalue weighted by atomic mass is 9.93. The smallest absolute Gasteiger partial charge is 0.0802 e. The van der Waals surface area contributed by atoms with Gasteiger partial charge in [-0.05, 0) is 49.3 Å². The molecule has 0 radical (unpaired) electrons. The van der Waals surface area contributed by atoms with Crippen molar-refractivity contribution < 1.29 is 5.11 Å². The molecule has 122 valence electrons. The molecule has 2 heteroatoms. The lowest BCUT2D eigenvalue weighted by molar-refractivity contribution is 0.140. The van der Waals surface area contributed by atoms with Crippen molar-refractivity contribution in [3.05, 3.63) is 71.3 Å². The topological polar surface area (TPSA) is 23.5 Å². The molecular formula is C21H27NO. The zero-order valence-corrected chi connectivity index (χ0v) is 14.2. The van der Waals surface area contributed by atoms with Crippen molar-refractivity contribution in [2.45, 2.75) is 44.8 Å². The number of aliphatic hydroxyl groups excluding tert-OH is 1. The molecule has 0 spiro atoms. The Kier molecular flexibility index (Phi) is 5.14. The van der Waals surface area contributed by atoms with E-state index >= 15 is 0 Å². The largest absolute Gasteiger partial charge is 0.388 e. The van der Waals surface area contributed by atoms with Crippen molar-refractivity contribution in [1.29, 1.82) is 0 Å². The first kappa shape index (κ1) is 16.2. The summed E-state index contributed by atoms with van der Waals surface area (Å²) in [7, 11) is 0. The van der Waals surface area contributed by atoms with Crippen molar-refractivity contribution in [1.82, 2.24) is 4.90 Å². The van der Waals surface area contributed by atoms with Crippen LogP contribution in [0.4, 0.5) is 0 Å². The van der Waals surface area contributed by atoms with Crippen LogP contribution in [-0.2, 0) is 0 Å². The quantitative estimate of drug-likeness (QED) is 0.890. The summed E-state index contributed by atoms with van der Waals surface area (Å²) in [5.74, 6) is 0.625. The summed E-state index contributed by atoms with van der Waals surface area (Å²) in [5.41, 5.74) is 3.91. The van der Waals surface area contributed by atoms with Crippen molar-refractivity contribution in [3.8, 4) is 0 Å². The van der Waals surface area contributed by atoms with Gasteiger partial charge >= 0.3 is 0 Å². The first-order valence-electron chi connectivity index (χ1n) is 8.67. The van der Waals surface area contributed by atoms with Crippen molar-refractivity contribution >= 4 is 0 Å². The van der Waals surface area contributed by atoms with E-state index in [1.807, 2.05) is 30.3 Å². The third-order valence-electron chi connectivity index (χ3n) is 5.21. The van der Waals surface area contributed by atoms with Crippen LogP contribution in [0.1, 0.15) is 48.5 Å². The Morgan fingerprint density at radius 2 is 1.78 bits per heavy atom. The second kappa shape index (κ2) is 7.29. The average Bonchev–Trinajstić information content (AvgIpc) is 2.94. The fraction of sp³-hybridized carbons (Fsp3) is 0.429. The van der Waals surface area contributed by atoms with Crippen LogP contribution in [0.3, 0.4) is 0 Å². The normalized spacial score (nSPS) is 23.1. The number of rotatable bonds is 5. The molecule has 1 aliphatic heterocycles. The molecule has 1 heterocycles. The van der Waals surface area contributed by atoms with Crippen LogP contribution >= 0.6 is 0 Å². The van der Waals surface area contributed by atoms with Crippen LogP contribution in [0, 0.1) is 6.92 Å². The highest BCUT2D eigenvalue weighted by Crippen LogP contribution is 2.33. The lowest BCUT2D eigenvalue weighted by Crippen LogP contribution is -2.29. The van der Waals surface area contributed by atoms with Crippen molar-refractivity contribution in [2.75, 3.05) is 13.1 Å². The molecule has 2 aromatic rings. The van der Waals surface area contributed by atoms with Crippen molar-refractivity contribution in [2.24, 2.45) is 0 Å². The Bertz CT molecular complexity index is 625. The monoisotopic (exact) mass is 309 g/mol. The summed E-state index contributed by atoms with van der Waals surface area (Å²) in [5, 5.41) is 10.4. The van der Waals surface area contributed by atoms with E-state index in [2.05, 4.69) is 43.0 Å². The fourth-order valence-electron chi connectivity index (χ4n) is 3.81. The molecule has 0 saturated carbocycles. The van der Waals surface area contributed by atoms with Crippen LogP contribution in [0.2, 0.25) is 0 Å². The minimum Gasteiger partial charge on any atom is -0.388 e. The summed E-state index contributed by atoms with van der Waals surface area (Å²) in [6.45, 7) is 6.59. The molecule has 2 unspecified atom stereocenters. The summed E-state index contributed by atoms with van der Waals surface area (Å²) >= 11 is 0. The predicted octanol–water partition coefficient (Wildman–Crippen LogP) is 4.30. The van der Waals surface area contributed by atoms with Crippen LogP contribution < -0.4 is 0 Å². The first-order chi connectivity index (χ1) is 11.1. The Labute approximate surface area is 139 Å². The maximum Gasteiger partial charge on any atom is 0.0802 e. The molecule has 3 atom stereocenters. The van der Waals surface area contributed by atoms with Gasteiger partial charge in [0.15, 0.2) is 0 Å². The van der Waals surface area contributed by atoms with E-state index in [1.54, 1.807) is 0 Å². The predicted molar refractivity (Wildman–Crippen MR) is 95.6 cm³/mol. The molecule has 2 nitrogen and oxygen atoms in total. The molecule has 1 fully saturated rings. The number of nitrogens with zero attached hydrogens (tertiary/aromatic N) is 1. The van der Waals surface area contributed by atoms with Crippen LogP contribution in [0.15, 0.2) is 54.6 Å². The minimum atomic E-state index is -0.360. The summed E-state index contributed by atoms with van der Waals surface area (Å²) < 4.78 is 0. The van der Waals surface area contributed by atoms with Gasteiger partial charge in [-0.25, -0.2) is 0 Å². The van der Waals surface area contributed by atoms with Crippen LogP contribution in [-0.4, -0.2) is 29.1 Å². The van der Waals surface area contributed by atoms with E-state index in [0.717, 1.165) is 25.1 Å². The minimum absolute atomic E-state index is 0.360. The Morgan fingerprint density at radius 1 is 1.09 bits per heavy atom. The SMILES string of the molecule is Cc1ccccc1C1CC(C)N(CC[C@@H](O)c2ccccc2)C1. The van der Waals surface area contributed by atoms with Crippen LogP contribution in [0.5, 0.6) is 0 Å². The first-order valence-corrected chi connectivity index (χ1v) is 8.67. The molecule has 0 bridgehead atoms. The van der Waals surface area contributed by atoms with Crippen molar-refractivity contribution in [3.63, 3.8) is 0 Å². The molecule has 3 rings (SSSR count). The van der Waals surface area contributed by atoms with Gasteiger partial charge in [-0.3, -0.25) is 4.90 Å². The van der Waals surface area contributed by atoms with Gasteiger partial charge in [0.25, 0.3) is 0 Å². The molecule has 0 aliphatic carbocycles. The van der Waals surface area contributed by atoms with E-state index in [1.165, 1.54) is 17.5 Å². The number of aliphatic hydroxyl groups is 1. The van der Waals surface area contributed by atoms with Gasteiger partial charge in [0, 0.05) is 19.1 Å². The Balaban J connectivity index is 1.58. The zero-order chi connectivity index (χ0) is 16.2.